The summed E-state index contributed by atoms with van der Waals surface area (Å²) in [6.07, 6.45) is 0. The molecule has 0 saturated heterocycles. The zero-order chi connectivity index (χ0) is 58.8. The molecule has 12 rings (SSSR count). The van der Waals surface area contributed by atoms with Gasteiger partial charge in [0.2, 0.25) is 0 Å². The second-order valence-electron chi connectivity index (χ2n) is 18.4. The molecule has 0 aromatic heterocycles. The van der Waals surface area contributed by atoms with Gasteiger partial charge in [-0.3, -0.25) is 0 Å². The van der Waals surface area contributed by atoms with Crippen LogP contribution in [0.25, 0.3) is 0 Å². The number of benzene rings is 12. The summed E-state index contributed by atoms with van der Waals surface area (Å²) in [6.45, 7) is 1.94. The molecule has 424 valence electrons. The second-order valence-corrected chi connectivity index (χ2v) is 27.2. The first-order valence-electron chi connectivity index (χ1n) is 27.4. The van der Waals surface area contributed by atoms with Crippen LogP contribution >= 0.6 is 31.7 Å². The van der Waals surface area contributed by atoms with Crippen LogP contribution in [0.4, 0.5) is 0 Å². The fourth-order valence-electron chi connectivity index (χ4n) is 8.71. The third-order valence-electron chi connectivity index (χ3n) is 12.2. The third kappa shape index (κ3) is 22.5. The topological polar surface area (TPSA) is 80.3 Å². The fourth-order valence-corrected chi connectivity index (χ4v) is 17.9. The SMILES string of the molecule is CC(=O)[O-].CC(=O)[O-].[Pd+2].c1ccc(P(c2ccccc2)c2ccccc2)cc1.c1ccc(P(c2ccccc2)c2ccccc2)cc1.c1ccc(P(c2ccccc2)c2ccccc2)cc1.c1ccc(P(c2ccccc2)c2ccccc2)cc1. The van der Waals surface area contributed by atoms with Crippen molar-refractivity contribution >= 4 is 107 Å². The summed E-state index contributed by atoms with van der Waals surface area (Å²) < 4.78 is 0. The number of carboxylic acids is 2. The molecule has 0 unspecified atom stereocenters. The first-order chi connectivity index (χ1) is 41.3. The van der Waals surface area contributed by atoms with Crippen LogP contribution in [0.2, 0.25) is 0 Å². The number of aliphatic carboxylic acids is 2. The summed E-state index contributed by atoms with van der Waals surface area (Å²) in [6, 6.07) is 129. The van der Waals surface area contributed by atoms with E-state index in [9.17, 15) is 0 Å². The number of carboxylic acid groups (broad SMARTS) is 2. The first kappa shape index (κ1) is 66.1. The van der Waals surface area contributed by atoms with Crippen molar-refractivity contribution in [1.82, 2.24) is 0 Å². The van der Waals surface area contributed by atoms with Gasteiger partial charge in [-0.25, -0.2) is 0 Å². The van der Waals surface area contributed by atoms with Crippen LogP contribution in [0.15, 0.2) is 364 Å². The van der Waals surface area contributed by atoms with E-state index in [1.54, 1.807) is 0 Å². The number of carbonyl (C=O) groups excluding carboxylic acids is 2. The van der Waals surface area contributed by atoms with Crippen molar-refractivity contribution in [1.29, 1.82) is 0 Å². The molecule has 0 bridgehead atoms. The zero-order valence-electron chi connectivity index (χ0n) is 47.4. The maximum absolute atomic E-state index is 8.89. The van der Waals surface area contributed by atoms with Crippen LogP contribution in [0.5, 0.6) is 0 Å². The first-order valence-corrected chi connectivity index (χ1v) is 32.8. The maximum Gasteiger partial charge on any atom is 2.00 e. The summed E-state index contributed by atoms with van der Waals surface area (Å²) >= 11 is 0. The van der Waals surface area contributed by atoms with E-state index in [4.69, 9.17) is 19.8 Å². The molecule has 0 aliphatic heterocycles. The van der Waals surface area contributed by atoms with Gasteiger partial charge in [-0.2, -0.15) is 0 Å². The van der Waals surface area contributed by atoms with Crippen molar-refractivity contribution in [3.8, 4) is 0 Å². The molecule has 0 saturated carbocycles. The molecule has 4 nitrogen and oxygen atoms in total. The molecule has 0 N–H and O–H groups in total. The van der Waals surface area contributed by atoms with Crippen molar-refractivity contribution in [3.63, 3.8) is 0 Å². The van der Waals surface area contributed by atoms with Crippen molar-refractivity contribution in [3.05, 3.63) is 364 Å². The average molecular weight is 1270 g/mol. The van der Waals surface area contributed by atoms with Gasteiger partial charge in [-0.05, 0) is 109 Å². The number of carbonyl (C=O) groups is 2. The van der Waals surface area contributed by atoms with E-state index in [-0.39, 0.29) is 20.4 Å². The van der Waals surface area contributed by atoms with Crippen LogP contribution in [0.3, 0.4) is 0 Å². The van der Waals surface area contributed by atoms with E-state index in [0.29, 0.717) is 0 Å². The minimum absolute atomic E-state index is 0. The Labute approximate surface area is 521 Å². The third-order valence-corrected chi connectivity index (χ3v) is 21.9. The normalized spacial score (nSPS) is 10.0. The van der Waals surface area contributed by atoms with Gasteiger partial charge in [0.05, 0.1) is 0 Å². The number of hydrogen-bond donors (Lipinski definition) is 0. The molecule has 0 radical (unpaired) electrons. The standard InChI is InChI=1S/4C18H15P.2C2H4O2.Pd/c4*1-4-10-16(11-5-1)19(17-12-6-2-7-13-17)18-14-8-3-9-15-18;2*1-2(3)4;/h4*1-15H;2*1H3,(H,3,4);/q;;;;;;+2/p-2. The Morgan fingerprint density at radius 3 is 0.306 bits per heavy atom. The van der Waals surface area contributed by atoms with Crippen molar-refractivity contribution < 1.29 is 40.2 Å². The molecule has 0 heterocycles. The van der Waals surface area contributed by atoms with E-state index in [1.807, 2.05) is 0 Å². The molecule has 0 spiro atoms. The Kier molecular flexibility index (Phi) is 29.6. The quantitative estimate of drug-likeness (QED) is 0.0902. The monoisotopic (exact) mass is 1270 g/mol. The van der Waals surface area contributed by atoms with E-state index < -0.39 is 43.6 Å². The summed E-state index contributed by atoms with van der Waals surface area (Å²) in [5, 5.41) is 34.6. The summed E-state index contributed by atoms with van der Waals surface area (Å²) in [5.74, 6) is -2.17. The van der Waals surface area contributed by atoms with E-state index in [1.165, 1.54) is 63.7 Å². The summed E-state index contributed by atoms with van der Waals surface area (Å²) in [4.78, 5) is 17.8. The van der Waals surface area contributed by atoms with Crippen molar-refractivity contribution in [2.45, 2.75) is 13.8 Å². The molecule has 9 heteroatoms. The van der Waals surface area contributed by atoms with Crippen LogP contribution in [-0.4, -0.2) is 11.9 Å². The predicted molar refractivity (Wildman–Crippen MR) is 362 cm³/mol. The molecule has 0 aliphatic carbocycles. The van der Waals surface area contributed by atoms with Gasteiger partial charge in [0, 0.05) is 11.9 Å². The molecule has 0 atom stereocenters. The van der Waals surface area contributed by atoms with Gasteiger partial charge in [0.25, 0.3) is 0 Å². The van der Waals surface area contributed by atoms with E-state index >= 15 is 0 Å². The number of rotatable bonds is 12. The summed E-state index contributed by atoms with van der Waals surface area (Å²) in [7, 11) is -1.78. The molecule has 12 aromatic rings. The van der Waals surface area contributed by atoms with E-state index in [2.05, 4.69) is 364 Å². The minimum Gasteiger partial charge on any atom is -0.550 e. The van der Waals surface area contributed by atoms with E-state index in [0.717, 1.165) is 13.8 Å². The van der Waals surface area contributed by atoms with Gasteiger partial charge >= 0.3 is 20.4 Å². The Bertz CT molecular complexity index is 2800. The van der Waals surface area contributed by atoms with Crippen molar-refractivity contribution in [2.24, 2.45) is 0 Å². The largest absolute Gasteiger partial charge is 2.00 e. The molecular weight excluding hydrogens is 1210 g/mol. The maximum atomic E-state index is 8.89. The molecule has 85 heavy (non-hydrogen) atoms. The van der Waals surface area contributed by atoms with Gasteiger partial charge in [-0.15, -0.1) is 0 Å². The molecule has 0 amide bonds. The smallest absolute Gasteiger partial charge is 0.550 e. The minimum atomic E-state index is -1.08. The van der Waals surface area contributed by atoms with Crippen LogP contribution in [-0.2, 0) is 30.0 Å². The fraction of sp³-hybridized carbons (Fsp3) is 0.0263. The van der Waals surface area contributed by atoms with Crippen molar-refractivity contribution in [2.75, 3.05) is 0 Å². The summed E-state index contributed by atoms with van der Waals surface area (Å²) in [5.41, 5.74) is 0. The average Bonchev–Trinajstić information content (AvgIpc) is 3.73. The van der Waals surface area contributed by atoms with Gasteiger partial charge in [0.15, 0.2) is 0 Å². The molecule has 12 aromatic carbocycles. The Balaban J connectivity index is 0.000000173. The Hall–Kier alpha value is -8.04. The number of hydrogen-bond acceptors (Lipinski definition) is 4. The van der Waals surface area contributed by atoms with Gasteiger partial charge in [-0.1, -0.05) is 364 Å². The Morgan fingerprint density at radius 2 is 0.247 bits per heavy atom. The van der Waals surface area contributed by atoms with Crippen LogP contribution < -0.4 is 73.9 Å². The molecule has 0 aliphatic rings. The Morgan fingerprint density at radius 1 is 0.188 bits per heavy atom. The predicted octanol–water partition coefficient (Wildman–Crippen LogP) is 11.3. The molecule has 0 fully saturated rings. The second kappa shape index (κ2) is 38.0. The van der Waals surface area contributed by atoms with Crippen LogP contribution in [0.1, 0.15) is 13.8 Å². The zero-order valence-corrected chi connectivity index (χ0v) is 52.5. The molecular formula is C76H66O4P4Pd. The van der Waals surface area contributed by atoms with Gasteiger partial charge < -0.3 is 19.8 Å². The van der Waals surface area contributed by atoms with Gasteiger partial charge in [0.1, 0.15) is 0 Å². The van der Waals surface area contributed by atoms with Crippen LogP contribution in [0, 0.1) is 0 Å².